The van der Waals surface area contributed by atoms with Crippen molar-refractivity contribution >= 4 is 10.2 Å². The Labute approximate surface area is 89.1 Å². The molecule has 0 N–H and O–H groups in total. The third kappa shape index (κ3) is 1.81. The number of rotatable bonds is 4. The van der Waals surface area contributed by atoms with E-state index in [1.54, 1.807) is 14.2 Å². The van der Waals surface area contributed by atoms with Crippen LogP contribution in [0.1, 0.15) is 19.3 Å². The third-order valence-electron chi connectivity index (χ3n) is 3.91. The molecule has 14 heavy (non-hydrogen) atoms. The van der Waals surface area contributed by atoms with E-state index in [2.05, 4.69) is 12.2 Å². The summed E-state index contributed by atoms with van der Waals surface area (Å²) in [5, 5.41) is 0. The summed E-state index contributed by atoms with van der Waals surface area (Å²) < 4.78 is 10.9. The molecular formula is C11H20O2Si. The maximum absolute atomic E-state index is 5.47. The molecule has 0 spiro atoms. The van der Waals surface area contributed by atoms with Gasteiger partial charge >= 0.3 is 0 Å². The van der Waals surface area contributed by atoms with Gasteiger partial charge in [0.05, 0.1) is 10.2 Å². The van der Waals surface area contributed by atoms with Crippen LogP contribution in [0.5, 0.6) is 0 Å². The maximum atomic E-state index is 5.47. The molecule has 3 heteroatoms. The lowest BCUT2D eigenvalue weighted by Gasteiger charge is -2.31. The number of ether oxygens (including phenoxy) is 2. The fraction of sp³-hybridized carbons (Fsp3) is 0.818. The molecule has 0 aliphatic heterocycles. The molecule has 0 amide bonds. The van der Waals surface area contributed by atoms with Crippen LogP contribution < -0.4 is 0 Å². The standard InChI is InChI=1S/C11H20O2Si/c1-12-11(14,13-2)7-10-6-8-3-4-9(10)5-8/h3-4,8-10H,5-7H2,1-2,14H3. The van der Waals surface area contributed by atoms with Crippen molar-refractivity contribution in [2.75, 3.05) is 14.2 Å². The predicted molar refractivity (Wildman–Crippen MR) is 60.1 cm³/mol. The summed E-state index contributed by atoms with van der Waals surface area (Å²) in [7, 11) is 4.47. The highest BCUT2D eigenvalue weighted by Crippen LogP contribution is 2.46. The quantitative estimate of drug-likeness (QED) is 0.392. The monoisotopic (exact) mass is 212 g/mol. The number of hydrogen-bond acceptors (Lipinski definition) is 2. The minimum Gasteiger partial charge on any atom is -0.358 e. The van der Waals surface area contributed by atoms with Crippen LogP contribution in [0.15, 0.2) is 12.2 Å². The molecule has 0 heterocycles. The van der Waals surface area contributed by atoms with Gasteiger partial charge in [-0.1, -0.05) is 12.2 Å². The topological polar surface area (TPSA) is 18.5 Å². The van der Waals surface area contributed by atoms with Crippen LogP contribution in [-0.2, 0) is 9.47 Å². The number of methoxy groups -OCH3 is 2. The van der Waals surface area contributed by atoms with Crippen molar-refractivity contribution in [2.45, 2.75) is 24.7 Å². The summed E-state index contributed by atoms with van der Waals surface area (Å²) in [6.45, 7) is 0. The van der Waals surface area contributed by atoms with Crippen LogP contribution >= 0.6 is 0 Å². The zero-order valence-corrected chi connectivity index (χ0v) is 11.3. The summed E-state index contributed by atoms with van der Waals surface area (Å²) in [5.74, 6) is 2.45. The third-order valence-corrected chi connectivity index (χ3v) is 5.14. The average Bonchev–Trinajstić information content (AvgIpc) is 2.79. The summed E-state index contributed by atoms with van der Waals surface area (Å²) >= 11 is 0. The van der Waals surface area contributed by atoms with Crippen LogP contribution in [-0.4, -0.2) is 29.9 Å². The Morgan fingerprint density at radius 2 is 2.00 bits per heavy atom. The Kier molecular flexibility index (Phi) is 2.82. The van der Waals surface area contributed by atoms with Crippen molar-refractivity contribution in [1.29, 1.82) is 0 Å². The molecular weight excluding hydrogens is 192 g/mol. The first-order valence-corrected chi connectivity index (χ1v) is 6.45. The Morgan fingerprint density at radius 3 is 2.43 bits per heavy atom. The van der Waals surface area contributed by atoms with Crippen molar-refractivity contribution in [3.8, 4) is 0 Å². The van der Waals surface area contributed by atoms with Crippen molar-refractivity contribution < 1.29 is 9.47 Å². The van der Waals surface area contributed by atoms with E-state index in [0.717, 1.165) is 34.4 Å². The molecule has 1 fully saturated rings. The molecule has 2 nitrogen and oxygen atoms in total. The second-order valence-electron chi connectivity index (χ2n) is 4.79. The highest BCUT2D eigenvalue weighted by molar-refractivity contribution is 6.13. The lowest BCUT2D eigenvalue weighted by atomic mass is 9.90. The Hall–Kier alpha value is -0.123. The molecule has 0 radical (unpaired) electrons. The zero-order valence-electron chi connectivity index (χ0n) is 9.32. The normalized spacial score (nSPS) is 35.7. The minimum absolute atomic E-state index is 0.247. The van der Waals surface area contributed by atoms with E-state index < -0.39 is 0 Å². The zero-order chi connectivity index (χ0) is 10.2. The van der Waals surface area contributed by atoms with Crippen molar-refractivity contribution in [3.05, 3.63) is 12.2 Å². The fourth-order valence-corrected chi connectivity index (χ4v) is 3.38. The van der Waals surface area contributed by atoms with Crippen molar-refractivity contribution in [1.82, 2.24) is 0 Å². The molecule has 0 aromatic rings. The van der Waals surface area contributed by atoms with Gasteiger partial charge in [-0.3, -0.25) is 0 Å². The van der Waals surface area contributed by atoms with Gasteiger partial charge in [-0.15, -0.1) is 0 Å². The molecule has 3 unspecified atom stereocenters. The molecule has 0 aromatic heterocycles. The number of allylic oxidation sites excluding steroid dienone is 2. The van der Waals surface area contributed by atoms with Crippen molar-refractivity contribution in [3.63, 3.8) is 0 Å². The lowest BCUT2D eigenvalue weighted by Crippen LogP contribution is -2.37. The summed E-state index contributed by atoms with van der Waals surface area (Å²) in [4.78, 5) is 0. The van der Waals surface area contributed by atoms with Crippen molar-refractivity contribution in [2.24, 2.45) is 17.8 Å². The summed E-state index contributed by atoms with van der Waals surface area (Å²) in [6, 6.07) is 0. The van der Waals surface area contributed by atoms with Gasteiger partial charge in [-0.2, -0.15) is 0 Å². The molecule has 2 bridgehead atoms. The fourth-order valence-electron chi connectivity index (χ4n) is 2.86. The van der Waals surface area contributed by atoms with Gasteiger partial charge in [0.2, 0.25) is 0 Å². The lowest BCUT2D eigenvalue weighted by molar-refractivity contribution is -0.154. The van der Waals surface area contributed by atoms with Crippen LogP contribution in [0.25, 0.3) is 0 Å². The maximum Gasteiger partial charge on any atom is 0.141 e. The van der Waals surface area contributed by atoms with E-state index in [0.29, 0.717) is 0 Å². The summed E-state index contributed by atoms with van der Waals surface area (Å²) in [6.07, 6.45) is 8.58. The largest absolute Gasteiger partial charge is 0.358 e. The van der Waals surface area contributed by atoms with Gasteiger partial charge in [-0.25, -0.2) is 0 Å². The van der Waals surface area contributed by atoms with E-state index in [9.17, 15) is 0 Å². The van der Waals surface area contributed by atoms with Gasteiger partial charge in [0.1, 0.15) is 5.41 Å². The minimum atomic E-state index is -0.247. The number of hydrogen-bond donors (Lipinski definition) is 0. The van der Waals surface area contributed by atoms with Crippen LogP contribution in [0, 0.1) is 17.8 Å². The second-order valence-corrected chi connectivity index (χ2v) is 6.31. The SMILES string of the molecule is COC([SiH3])(CC1CC2C=CC1C2)OC. The van der Waals surface area contributed by atoms with Gasteiger partial charge in [-0.05, 0) is 37.0 Å². The highest BCUT2D eigenvalue weighted by atomic mass is 28.1. The van der Waals surface area contributed by atoms with E-state index in [1.807, 2.05) is 0 Å². The molecule has 3 atom stereocenters. The van der Waals surface area contributed by atoms with E-state index in [1.165, 1.54) is 12.8 Å². The first-order chi connectivity index (χ1) is 6.67. The van der Waals surface area contributed by atoms with Gasteiger partial charge in [0, 0.05) is 14.2 Å². The van der Waals surface area contributed by atoms with E-state index in [-0.39, 0.29) is 5.41 Å². The Bertz CT molecular complexity index is 235. The van der Waals surface area contributed by atoms with Crippen LogP contribution in [0.4, 0.5) is 0 Å². The van der Waals surface area contributed by atoms with Gasteiger partial charge in [0.25, 0.3) is 0 Å². The van der Waals surface area contributed by atoms with Crippen LogP contribution in [0.3, 0.4) is 0 Å². The Morgan fingerprint density at radius 1 is 1.29 bits per heavy atom. The molecule has 2 aliphatic carbocycles. The average molecular weight is 212 g/mol. The molecule has 0 saturated heterocycles. The molecule has 1 saturated carbocycles. The highest BCUT2D eigenvalue weighted by Gasteiger charge is 2.39. The summed E-state index contributed by atoms with van der Waals surface area (Å²) in [5.41, 5.74) is -0.247. The molecule has 2 rings (SSSR count). The van der Waals surface area contributed by atoms with E-state index in [4.69, 9.17) is 9.47 Å². The van der Waals surface area contributed by atoms with Gasteiger partial charge in [0.15, 0.2) is 0 Å². The van der Waals surface area contributed by atoms with E-state index >= 15 is 0 Å². The van der Waals surface area contributed by atoms with Gasteiger partial charge < -0.3 is 9.47 Å². The smallest absolute Gasteiger partial charge is 0.141 e. The van der Waals surface area contributed by atoms with Crippen LogP contribution in [0.2, 0.25) is 0 Å². The molecule has 2 aliphatic rings. The second kappa shape index (κ2) is 3.80. The molecule has 80 valence electrons. The first-order valence-electron chi connectivity index (χ1n) is 5.45. The molecule has 0 aromatic carbocycles. The predicted octanol–water partition coefficient (Wildman–Crippen LogP) is 0.901. The Balaban J connectivity index is 1.95. The first kappa shape index (κ1) is 10.4. The number of fused-ring (bicyclic) bond motifs is 2.